The second-order valence-electron chi connectivity index (χ2n) is 5.53. The van der Waals surface area contributed by atoms with Gasteiger partial charge in [0.25, 0.3) is 0 Å². The topological polar surface area (TPSA) is 53.1 Å². The molecule has 0 N–H and O–H groups in total. The van der Waals surface area contributed by atoms with Crippen molar-refractivity contribution in [3.8, 4) is 0 Å². The summed E-state index contributed by atoms with van der Waals surface area (Å²) in [6.45, 7) is 6.35. The van der Waals surface area contributed by atoms with Gasteiger partial charge >= 0.3 is 0 Å². The number of ether oxygens (including phenoxy) is 1. The summed E-state index contributed by atoms with van der Waals surface area (Å²) in [6, 6.07) is 0.218. The molecule has 0 amide bonds. The molecule has 0 saturated carbocycles. The number of fused-ring (bicyclic) bond motifs is 1. The minimum absolute atomic E-state index is 0.0391. The molecule has 0 bridgehead atoms. The molecule has 0 aromatic heterocycles. The lowest BCUT2D eigenvalue weighted by atomic mass is 10.1. The predicted molar refractivity (Wildman–Crippen MR) is 74.7 cm³/mol. The molecule has 2 fully saturated rings. The lowest BCUT2D eigenvalue weighted by Gasteiger charge is -2.37. The van der Waals surface area contributed by atoms with Gasteiger partial charge in [0.15, 0.2) is 0 Å². The van der Waals surface area contributed by atoms with E-state index in [4.69, 9.17) is 4.74 Å². The van der Waals surface area contributed by atoms with E-state index in [-0.39, 0.29) is 17.9 Å². The summed E-state index contributed by atoms with van der Waals surface area (Å²) < 4.78 is 31.3. The van der Waals surface area contributed by atoms with Gasteiger partial charge in [0.1, 0.15) is 0 Å². The van der Waals surface area contributed by atoms with Crippen LogP contribution in [0.2, 0.25) is 0 Å². The van der Waals surface area contributed by atoms with Gasteiger partial charge in [-0.2, -0.15) is 4.31 Å². The summed E-state index contributed by atoms with van der Waals surface area (Å²) in [5, 5.41) is 0. The number of sulfonamides is 1. The molecule has 6 nitrogen and oxygen atoms in total. The quantitative estimate of drug-likeness (QED) is 0.669. The average molecular weight is 291 g/mol. The Morgan fingerprint density at radius 1 is 1.32 bits per heavy atom. The first-order chi connectivity index (χ1) is 8.94. The van der Waals surface area contributed by atoms with E-state index in [9.17, 15) is 8.42 Å². The fraction of sp³-hybridized carbons (Fsp3) is 1.00. The normalized spacial score (nSPS) is 29.9. The standard InChI is InChI=1S/C12H25N3O3S/c1-4-19(16,17)15-9-11-12(10-15)18-8-7-14(11)6-5-13(2)3/h11-12H,4-10H2,1-3H3/t11-,12+/m1/s1. The van der Waals surface area contributed by atoms with Gasteiger partial charge in [0.05, 0.1) is 24.5 Å². The Balaban J connectivity index is 2.00. The third-order valence-corrected chi connectivity index (χ3v) is 5.79. The van der Waals surface area contributed by atoms with Crippen LogP contribution < -0.4 is 0 Å². The van der Waals surface area contributed by atoms with Gasteiger partial charge in [0, 0.05) is 32.7 Å². The maximum absolute atomic E-state index is 12.0. The molecule has 0 radical (unpaired) electrons. The Bertz CT molecular complexity index is 399. The average Bonchev–Trinajstić information content (AvgIpc) is 2.81. The highest BCUT2D eigenvalue weighted by molar-refractivity contribution is 7.89. The van der Waals surface area contributed by atoms with Crippen LogP contribution in [0.3, 0.4) is 0 Å². The summed E-state index contributed by atoms with van der Waals surface area (Å²) in [4.78, 5) is 4.53. The number of hydrogen-bond donors (Lipinski definition) is 0. The summed E-state index contributed by atoms with van der Waals surface area (Å²) >= 11 is 0. The summed E-state index contributed by atoms with van der Waals surface area (Å²) in [6.07, 6.45) is 0.0391. The van der Waals surface area contributed by atoms with Crippen molar-refractivity contribution in [1.82, 2.24) is 14.1 Å². The molecule has 2 heterocycles. The first-order valence-electron chi connectivity index (χ1n) is 6.92. The van der Waals surface area contributed by atoms with Crippen molar-refractivity contribution in [2.45, 2.75) is 19.1 Å². The molecular weight excluding hydrogens is 266 g/mol. The lowest BCUT2D eigenvalue weighted by Crippen LogP contribution is -2.52. The van der Waals surface area contributed by atoms with E-state index in [0.29, 0.717) is 19.7 Å². The van der Waals surface area contributed by atoms with Crippen LogP contribution in [0.1, 0.15) is 6.92 Å². The molecule has 2 atom stereocenters. The number of likely N-dealkylation sites (N-methyl/N-ethyl adjacent to an activating group) is 1. The Labute approximate surface area is 116 Å². The van der Waals surface area contributed by atoms with Crippen molar-refractivity contribution in [3.05, 3.63) is 0 Å². The van der Waals surface area contributed by atoms with Gasteiger partial charge in [-0.15, -0.1) is 0 Å². The van der Waals surface area contributed by atoms with E-state index in [1.807, 2.05) is 0 Å². The van der Waals surface area contributed by atoms with Crippen LogP contribution >= 0.6 is 0 Å². The van der Waals surface area contributed by atoms with Crippen molar-refractivity contribution in [1.29, 1.82) is 0 Å². The molecule has 0 aromatic rings. The maximum Gasteiger partial charge on any atom is 0.213 e. The van der Waals surface area contributed by atoms with Gasteiger partial charge in [-0.1, -0.05) is 0 Å². The monoisotopic (exact) mass is 291 g/mol. The van der Waals surface area contributed by atoms with Gasteiger partial charge in [-0.05, 0) is 21.0 Å². The van der Waals surface area contributed by atoms with Crippen LogP contribution in [-0.2, 0) is 14.8 Å². The Morgan fingerprint density at radius 3 is 2.68 bits per heavy atom. The third-order valence-electron chi connectivity index (χ3n) is 3.98. The zero-order valence-corrected chi connectivity index (χ0v) is 12.9. The van der Waals surface area contributed by atoms with Crippen LogP contribution in [0, 0.1) is 0 Å². The van der Waals surface area contributed by atoms with E-state index < -0.39 is 10.0 Å². The lowest BCUT2D eigenvalue weighted by molar-refractivity contribution is -0.0481. The number of rotatable bonds is 5. The molecule has 0 spiro atoms. The molecule has 2 saturated heterocycles. The highest BCUT2D eigenvalue weighted by Crippen LogP contribution is 2.24. The molecule has 19 heavy (non-hydrogen) atoms. The van der Waals surface area contributed by atoms with Crippen LogP contribution in [0.15, 0.2) is 0 Å². The first-order valence-corrected chi connectivity index (χ1v) is 8.53. The third kappa shape index (κ3) is 3.46. The first kappa shape index (κ1) is 15.2. The van der Waals surface area contributed by atoms with Gasteiger partial charge in [-0.25, -0.2) is 8.42 Å². The Kier molecular flexibility index (Phi) is 4.84. The Hall–Kier alpha value is -0.210. The Morgan fingerprint density at radius 2 is 2.05 bits per heavy atom. The smallest absolute Gasteiger partial charge is 0.213 e. The molecule has 2 aliphatic rings. The highest BCUT2D eigenvalue weighted by Gasteiger charge is 2.43. The number of nitrogens with zero attached hydrogens (tertiary/aromatic N) is 3. The number of hydrogen-bond acceptors (Lipinski definition) is 5. The van der Waals surface area contributed by atoms with E-state index >= 15 is 0 Å². The number of morpholine rings is 1. The zero-order valence-electron chi connectivity index (χ0n) is 12.1. The zero-order chi connectivity index (χ0) is 14.0. The van der Waals surface area contributed by atoms with Crippen LogP contribution in [0.4, 0.5) is 0 Å². The van der Waals surface area contributed by atoms with Gasteiger partial charge in [0.2, 0.25) is 10.0 Å². The molecule has 0 aromatic carbocycles. The van der Waals surface area contributed by atoms with E-state index in [1.165, 1.54) is 0 Å². The molecule has 2 rings (SSSR count). The summed E-state index contributed by atoms with van der Waals surface area (Å²) in [5.74, 6) is 0.171. The van der Waals surface area contributed by atoms with E-state index in [2.05, 4.69) is 23.9 Å². The molecule has 112 valence electrons. The fourth-order valence-corrected chi connectivity index (χ4v) is 3.86. The summed E-state index contributed by atoms with van der Waals surface area (Å²) in [7, 11) is 1.02. The predicted octanol–water partition coefficient (Wildman–Crippen LogP) is -0.717. The molecular formula is C12H25N3O3S. The van der Waals surface area contributed by atoms with E-state index in [0.717, 1.165) is 19.6 Å². The van der Waals surface area contributed by atoms with Gasteiger partial charge in [-0.3, -0.25) is 4.90 Å². The van der Waals surface area contributed by atoms with E-state index in [1.54, 1.807) is 11.2 Å². The van der Waals surface area contributed by atoms with Crippen molar-refractivity contribution < 1.29 is 13.2 Å². The largest absolute Gasteiger partial charge is 0.374 e. The van der Waals surface area contributed by atoms with Crippen LogP contribution in [0.5, 0.6) is 0 Å². The van der Waals surface area contributed by atoms with Crippen molar-refractivity contribution in [2.24, 2.45) is 0 Å². The minimum Gasteiger partial charge on any atom is -0.374 e. The fourth-order valence-electron chi connectivity index (χ4n) is 2.74. The second-order valence-corrected chi connectivity index (χ2v) is 7.79. The SMILES string of the molecule is CCS(=O)(=O)N1C[C@@H]2OCCN(CCN(C)C)[C@@H]2C1. The minimum atomic E-state index is -3.09. The van der Waals surface area contributed by atoms with Crippen LogP contribution in [0.25, 0.3) is 0 Å². The van der Waals surface area contributed by atoms with Gasteiger partial charge < -0.3 is 9.64 Å². The van der Waals surface area contributed by atoms with Crippen molar-refractivity contribution >= 4 is 10.0 Å². The van der Waals surface area contributed by atoms with Crippen molar-refractivity contribution in [2.75, 3.05) is 59.2 Å². The van der Waals surface area contributed by atoms with Crippen LogP contribution in [-0.4, -0.2) is 93.8 Å². The second kappa shape index (κ2) is 6.05. The molecule has 0 aliphatic carbocycles. The maximum atomic E-state index is 12.0. The highest BCUT2D eigenvalue weighted by atomic mass is 32.2. The molecule has 0 unspecified atom stereocenters. The van der Waals surface area contributed by atoms with Crippen molar-refractivity contribution in [3.63, 3.8) is 0 Å². The molecule has 2 aliphatic heterocycles. The molecule has 7 heteroatoms. The summed E-state index contributed by atoms with van der Waals surface area (Å²) in [5.41, 5.74) is 0.